The van der Waals surface area contributed by atoms with Gasteiger partial charge in [0.15, 0.2) is 6.61 Å². The van der Waals surface area contributed by atoms with Crippen LogP contribution in [0.1, 0.15) is 19.4 Å². The number of anilines is 1. The first kappa shape index (κ1) is 21.7. The van der Waals surface area contributed by atoms with Gasteiger partial charge in [0.1, 0.15) is 5.75 Å². The van der Waals surface area contributed by atoms with Crippen LogP contribution in [0, 0.1) is 0 Å². The summed E-state index contributed by atoms with van der Waals surface area (Å²) in [5.41, 5.74) is -0.619. The van der Waals surface area contributed by atoms with Crippen molar-refractivity contribution in [3.63, 3.8) is 0 Å². The molecule has 0 bridgehead atoms. The third kappa shape index (κ3) is 6.24. The zero-order chi connectivity index (χ0) is 20.9. The standard InChI is InChI=1S/C18H19F3N2O4S/c1-12(2)23-28(25,26)16-9-7-15(8-10-16)27-11-17(24)22-14-5-3-13(4-6-14)18(19,20)21/h3-10,12,23H,11H2,1-2H3,(H,22,24). The molecule has 2 rings (SSSR count). The van der Waals surface area contributed by atoms with Crippen LogP contribution in [0.5, 0.6) is 5.75 Å². The number of hydrogen-bond donors (Lipinski definition) is 2. The van der Waals surface area contributed by atoms with Crippen molar-refractivity contribution < 1.29 is 31.1 Å². The largest absolute Gasteiger partial charge is 0.484 e. The lowest BCUT2D eigenvalue weighted by atomic mass is 10.2. The number of nitrogens with one attached hydrogen (secondary N) is 2. The number of ether oxygens (including phenoxy) is 1. The predicted octanol–water partition coefficient (Wildman–Crippen LogP) is 3.41. The number of hydrogen-bond acceptors (Lipinski definition) is 4. The summed E-state index contributed by atoms with van der Waals surface area (Å²) in [6.45, 7) is 3.01. The molecule has 2 aromatic carbocycles. The van der Waals surface area contributed by atoms with E-state index in [-0.39, 0.29) is 22.4 Å². The summed E-state index contributed by atoms with van der Waals surface area (Å²) < 4.78 is 69.3. The third-order valence-electron chi connectivity index (χ3n) is 3.39. The van der Waals surface area contributed by atoms with Crippen molar-refractivity contribution in [1.29, 1.82) is 0 Å². The van der Waals surface area contributed by atoms with Crippen LogP contribution in [0.2, 0.25) is 0 Å². The highest BCUT2D eigenvalue weighted by atomic mass is 32.2. The summed E-state index contributed by atoms with van der Waals surface area (Å²) in [7, 11) is -3.63. The molecule has 0 aliphatic heterocycles. The number of sulfonamides is 1. The molecule has 0 saturated carbocycles. The Hall–Kier alpha value is -2.59. The normalized spacial score (nSPS) is 12.1. The molecule has 152 valence electrons. The van der Waals surface area contributed by atoms with Gasteiger partial charge in [0.05, 0.1) is 10.5 Å². The van der Waals surface area contributed by atoms with Crippen molar-refractivity contribution in [2.45, 2.75) is 31.0 Å². The Morgan fingerprint density at radius 3 is 2.11 bits per heavy atom. The van der Waals surface area contributed by atoms with Crippen LogP contribution in [-0.2, 0) is 21.0 Å². The Morgan fingerprint density at radius 2 is 1.61 bits per heavy atom. The van der Waals surface area contributed by atoms with Gasteiger partial charge in [0.25, 0.3) is 5.91 Å². The van der Waals surface area contributed by atoms with E-state index < -0.39 is 34.3 Å². The topological polar surface area (TPSA) is 84.5 Å². The molecular formula is C18H19F3N2O4S. The second kappa shape index (κ2) is 8.61. The molecule has 0 heterocycles. The van der Waals surface area contributed by atoms with Crippen molar-refractivity contribution in [1.82, 2.24) is 4.72 Å². The lowest BCUT2D eigenvalue weighted by Crippen LogP contribution is -2.30. The van der Waals surface area contributed by atoms with Crippen LogP contribution in [0.3, 0.4) is 0 Å². The van der Waals surface area contributed by atoms with Crippen LogP contribution in [0.15, 0.2) is 53.4 Å². The van der Waals surface area contributed by atoms with Gasteiger partial charge in [0, 0.05) is 11.7 Å². The molecule has 0 fully saturated rings. The highest BCUT2D eigenvalue weighted by Crippen LogP contribution is 2.29. The van der Waals surface area contributed by atoms with Crippen LogP contribution < -0.4 is 14.8 Å². The minimum atomic E-state index is -4.45. The molecule has 0 spiro atoms. The van der Waals surface area contributed by atoms with Crippen molar-refractivity contribution in [2.24, 2.45) is 0 Å². The van der Waals surface area contributed by atoms with E-state index in [4.69, 9.17) is 4.74 Å². The van der Waals surface area contributed by atoms with Crippen molar-refractivity contribution >= 4 is 21.6 Å². The Kier molecular flexibility index (Phi) is 6.68. The quantitative estimate of drug-likeness (QED) is 0.725. The van der Waals surface area contributed by atoms with E-state index in [1.807, 2.05) is 0 Å². The Balaban J connectivity index is 1.91. The van der Waals surface area contributed by atoms with E-state index in [1.165, 1.54) is 24.3 Å². The number of halogens is 3. The van der Waals surface area contributed by atoms with Gasteiger partial charge in [-0.05, 0) is 62.4 Å². The first-order chi connectivity index (χ1) is 13.0. The number of rotatable bonds is 7. The fraction of sp³-hybridized carbons (Fsp3) is 0.278. The molecule has 28 heavy (non-hydrogen) atoms. The molecule has 10 heteroatoms. The smallest absolute Gasteiger partial charge is 0.416 e. The summed E-state index contributed by atoms with van der Waals surface area (Å²) in [5.74, 6) is -0.302. The third-order valence-corrected chi connectivity index (χ3v) is 5.07. The van der Waals surface area contributed by atoms with E-state index in [0.717, 1.165) is 24.3 Å². The molecular weight excluding hydrogens is 397 g/mol. The maximum Gasteiger partial charge on any atom is 0.416 e. The summed E-state index contributed by atoms with van der Waals surface area (Å²) in [6, 6.07) is 9.24. The number of benzene rings is 2. The second-order valence-corrected chi connectivity index (χ2v) is 7.87. The van der Waals surface area contributed by atoms with Crippen LogP contribution in [0.25, 0.3) is 0 Å². The van der Waals surface area contributed by atoms with Gasteiger partial charge in [-0.25, -0.2) is 13.1 Å². The Morgan fingerprint density at radius 1 is 1.04 bits per heavy atom. The molecule has 0 unspecified atom stereocenters. The van der Waals surface area contributed by atoms with Crippen molar-refractivity contribution in [3.8, 4) is 5.75 Å². The number of alkyl halides is 3. The molecule has 0 radical (unpaired) electrons. The predicted molar refractivity (Wildman–Crippen MR) is 97.5 cm³/mol. The number of carbonyl (C=O) groups is 1. The fourth-order valence-electron chi connectivity index (χ4n) is 2.18. The molecule has 1 amide bonds. The van der Waals surface area contributed by atoms with E-state index in [2.05, 4.69) is 10.0 Å². The summed E-state index contributed by atoms with van der Waals surface area (Å²) in [4.78, 5) is 11.9. The lowest BCUT2D eigenvalue weighted by molar-refractivity contribution is -0.137. The van der Waals surface area contributed by atoms with Gasteiger partial charge in [-0.3, -0.25) is 4.79 Å². The van der Waals surface area contributed by atoms with Crippen LogP contribution >= 0.6 is 0 Å². The number of carbonyl (C=O) groups excluding carboxylic acids is 1. The first-order valence-electron chi connectivity index (χ1n) is 8.20. The maximum atomic E-state index is 12.5. The van der Waals surface area contributed by atoms with Crippen LogP contribution in [-0.4, -0.2) is 27.0 Å². The SMILES string of the molecule is CC(C)NS(=O)(=O)c1ccc(OCC(=O)Nc2ccc(C(F)(F)F)cc2)cc1. The molecule has 0 atom stereocenters. The van der Waals surface area contributed by atoms with Crippen molar-refractivity contribution in [3.05, 3.63) is 54.1 Å². The molecule has 0 saturated heterocycles. The van der Waals surface area contributed by atoms with E-state index >= 15 is 0 Å². The van der Waals surface area contributed by atoms with E-state index in [0.29, 0.717) is 0 Å². The summed E-state index contributed by atoms with van der Waals surface area (Å²) in [6.07, 6.45) is -4.45. The molecule has 2 aromatic rings. The van der Waals surface area contributed by atoms with Gasteiger partial charge in [0.2, 0.25) is 10.0 Å². The van der Waals surface area contributed by atoms with Gasteiger partial charge in [-0.2, -0.15) is 13.2 Å². The molecule has 0 aromatic heterocycles. The van der Waals surface area contributed by atoms with Crippen molar-refractivity contribution in [2.75, 3.05) is 11.9 Å². The zero-order valence-electron chi connectivity index (χ0n) is 15.1. The minimum absolute atomic E-state index is 0.0581. The molecule has 2 N–H and O–H groups in total. The summed E-state index contributed by atoms with van der Waals surface area (Å²) in [5, 5.41) is 2.41. The van der Waals surface area contributed by atoms with E-state index in [9.17, 15) is 26.4 Å². The average molecular weight is 416 g/mol. The zero-order valence-corrected chi connectivity index (χ0v) is 15.9. The van der Waals surface area contributed by atoms with Gasteiger partial charge in [-0.15, -0.1) is 0 Å². The van der Waals surface area contributed by atoms with E-state index in [1.54, 1.807) is 13.8 Å². The van der Waals surface area contributed by atoms with Gasteiger partial charge >= 0.3 is 6.18 Å². The maximum absolute atomic E-state index is 12.5. The molecule has 0 aliphatic rings. The molecule has 6 nitrogen and oxygen atoms in total. The summed E-state index contributed by atoms with van der Waals surface area (Å²) >= 11 is 0. The van der Waals surface area contributed by atoms with Gasteiger partial charge < -0.3 is 10.1 Å². The fourth-order valence-corrected chi connectivity index (χ4v) is 3.43. The average Bonchev–Trinajstić information content (AvgIpc) is 2.59. The number of amides is 1. The highest BCUT2D eigenvalue weighted by Gasteiger charge is 2.30. The lowest BCUT2D eigenvalue weighted by Gasteiger charge is -2.11. The monoisotopic (exact) mass is 416 g/mol. The minimum Gasteiger partial charge on any atom is -0.484 e. The second-order valence-electron chi connectivity index (χ2n) is 6.16. The highest BCUT2D eigenvalue weighted by molar-refractivity contribution is 7.89. The Bertz CT molecular complexity index is 909. The Labute approximate surface area is 160 Å². The van der Waals surface area contributed by atoms with Crippen LogP contribution in [0.4, 0.5) is 18.9 Å². The first-order valence-corrected chi connectivity index (χ1v) is 9.68. The van der Waals surface area contributed by atoms with Gasteiger partial charge in [-0.1, -0.05) is 0 Å². The molecule has 0 aliphatic carbocycles.